The minimum Gasteiger partial charge on any atom is -0.465 e. The Kier molecular flexibility index (Phi) is 8.32. The van der Waals surface area contributed by atoms with Crippen LogP contribution in [0.1, 0.15) is 16.8 Å². The molecule has 0 aliphatic carbocycles. The van der Waals surface area contributed by atoms with Crippen LogP contribution < -0.4 is 14.8 Å². The summed E-state index contributed by atoms with van der Waals surface area (Å²) in [5, 5.41) is 6.66. The van der Waals surface area contributed by atoms with Gasteiger partial charge in [-0.15, -0.1) is 0 Å². The molecule has 0 fully saturated rings. The number of nitrogens with one attached hydrogen (secondary N) is 1. The monoisotopic (exact) mass is 538 g/mol. The van der Waals surface area contributed by atoms with Crippen molar-refractivity contribution in [3.05, 3.63) is 54.4 Å². The molecule has 1 aromatic carbocycles. The molecule has 194 valence electrons. The zero-order valence-electron chi connectivity index (χ0n) is 20.0. The molecule has 0 aliphatic heterocycles. The Morgan fingerprint density at radius 1 is 1.06 bits per heavy atom. The van der Waals surface area contributed by atoms with Gasteiger partial charge >= 0.3 is 0 Å². The molecule has 14 heteroatoms. The average Bonchev–Trinajstić information content (AvgIpc) is 3.20. The molecule has 36 heavy (non-hydrogen) atoms. The summed E-state index contributed by atoms with van der Waals surface area (Å²) >= 11 is 0. The number of hydrogen-bond donors (Lipinski definition) is 1. The lowest BCUT2D eigenvalue weighted by Crippen LogP contribution is -2.23. The molecule has 0 spiro atoms. The molecule has 0 radical (unpaired) electrons. The van der Waals surface area contributed by atoms with Crippen molar-refractivity contribution in [1.82, 2.24) is 14.8 Å². The lowest BCUT2D eigenvalue weighted by atomic mass is 10.2. The number of rotatable bonds is 11. The van der Waals surface area contributed by atoms with E-state index in [1.165, 1.54) is 48.3 Å². The van der Waals surface area contributed by atoms with Crippen LogP contribution in [0.15, 0.2) is 53.8 Å². The van der Waals surface area contributed by atoms with Crippen LogP contribution in [0.5, 0.6) is 17.2 Å². The number of pyridine rings is 1. The number of nitrogens with zero attached hydrogens (tertiary/aromatic N) is 3. The maximum Gasteiger partial charge on any atom is 0.257 e. The number of benzene rings is 1. The van der Waals surface area contributed by atoms with Gasteiger partial charge in [0.25, 0.3) is 5.91 Å². The number of ether oxygens (including phenoxy) is 3. The molecule has 3 aromatic rings. The Labute approximate surface area is 209 Å². The van der Waals surface area contributed by atoms with Crippen molar-refractivity contribution in [3.8, 4) is 17.2 Å². The van der Waals surface area contributed by atoms with Gasteiger partial charge in [0.1, 0.15) is 27.1 Å². The van der Waals surface area contributed by atoms with E-state index in [1.807, 2.05) is 0 Å². The van der Waals surface area contributed by atoms with Crippen LogP contribution in [0.2, 0.25) is 0 Å². The van der Waals surface area contributed by atoms with Gasteiger partial charge in [-0.3, -0.25) is 9.48 Å². The van der Waals surface area contributed by atoms with Gasteiger partial charge in [-0.2, -0.15) is 5.10 Å². The largest absolute Gasteiger partial charge is 0.465 e. The number of methoxy groups -OCH3 is 1. The van der Waals surface area contributed by atoms with Crippen molar-refractivity contribution >= 4 is 31.4 Å². The SMILES string of the molecule is COC(CCS(C)(=O)=O)Oc1cc(Oc2ccc(S(C)(=O)=O)nc2)cc(C(=O)Nc2ccn(C)n2)c1. The van der Waals surface area contributed by atoms with Crippen molar-refractivity contribution in [2.75, 3.05) is 30.7 Å². The average molecular weight is 539 g/mol. The van der Waals surface area contributed by atoms with Crippen molar-refractivity contribution in [1.29, 1.82) is 0 Å². The van der Waals surface area contributed by atoms with E-state index >= 15 is 0 Å². The third-order valence-electron chi connectivity index (χ3n) is 4.68. The second-order valence-electron chi connectivity index (χ2n) is 7.93. The van der Waals surface area contributed by atoms with Gasteiger partial charge in [0, 0.05) is 57.0 Å². The second-order valence-corrected chi connectivity index (χ2v) is 12.2. The van der Waals surface area contributed by atoms with E-state index in [2.05, 4.69) is 15.4 Å². The Morgan fingerprint density at radius 3 is 2.33 bits per heavy atom. The number of anilines is 1. The van der Waals surface area contributed by atoms with Crippen LogP contribution >= 0.6 is 0 Å². The molecule has 1 amide bonds. The minimum absolute atomic E-state index is 0.0623. The number of amides is 1. The first-order valence-corrected chi connectivity index (χ1v) is 14.4. The highest BCUT2D eigenvalue weighted by molar-refractivity contribution is 7.90. The van der Waals surface area contributed by atoms with Crippen molar-refractivity contribution in [2.24, 2.45) is 7.05 Å². The number of aryl methyl sites for hydroxylation is 1. The number of sulfone groups is 2. The zero-order valence-corrected chi connectivity index (χ0v) is 21.7. The van der Waals surface area contributed by atoms with Crippen molar-refractivity contribution < 1.29 is 35.8 Å². The van der Waals surface area contributed by atoms with Gasteiger partial charge in [-0.1, -0.05) is 0 Å². The van der Waals surface area contributed by atoms with Gasteiger partial charge in [0.2, 0.25) is 6.29 Å². The lowest BCUT2D eigenvalue weighted by Gasteiger charge is -2.18. The van der Waals surface area contributed by atoms with Crippen LogP contribution in [0.25, 0.3) is 0 Å². The van der Waals surface area contributed by atoms with Crippen molar-refractivity contribution in [2.45, 2.75) is 17.7 Å². The van der Waals surface area contributed by atoms with Crippen LogP contribution in [0.3, 0.4) is 0 Å². The van der Waals surface area contributed by atoms with E-state index in [4.69, 9.17) is 14.2 Å². The van der Waals surface area contributed by atoms with E-state index in [0.29, 0.717) is 5.82 Å². The van der Waals surface area contributed by atoms with E-state index in [-0.39, 0.29) is 40.0 Å². The third kappa shape index (κ3) is 8.03. The highest BCUT2D eigenvalue weighted by Crippen LogP contribution is 2.29. The van der Waals surface area contributed by atoms with Crippen LogP contribution in [0.4, 0.5) is 5.82 Å². The summed E-state index contributed by atoms with van der Waals surface area (Å²) in [5.41, 5.74) is 0.159. The van der Waals surface area contributed by atoms with E-state index in [9.17, 15) is 21.6 Å². The second kappa shape index (κ2) is 11.1. The van der Waals surface area contributed by atoms with Crippen molar-refractivity contribution in [3.63, 3.8) is 0 Å². The van der Waals surface area contributed by atoms with Crippen LogP contribution in [-0.2, 0) is 31.5 Å². The fraction of sp³-hybridized carbons (Fsp3) is 0.318. The minimum atomic E-state index is -3.48. The summed E-state index contributed by atoms with van der Waals surface area (Å²) in [7, 11) is -3.65. The molecule has 1 unspecified atom stereocenters. The molecule has 1 N–H and O–H groups in total. The topological polar surface area (TPSA) is 156 Å². The van der Waals surface area contributed by atoms with Gasteiger partial charge < -0.3 is 19.5 Å². The molecular weight excluding hydrogens is 512 g/mol. The standard InChI is InChI=1S/C22H26N4O8S2/c1-26-9-7-19(25-26)24-22(27)15-11-17(33-16-5-6-20(23-14-16)36(4,30)31)13-18(12-15)34-21(32-2)8-10-35(3,28)29/h5-7,9,11-14,21H,8,10H2,1-4H3,(H,24,25,27). The van der Waals surface area contributed by atoms with Gasteiger partial charge in [0.15, 0.2) is 20.7 Å². The van der Waals surface area contributed by atoms with E-state index in [1.54, 1.807) is 19.3 Å². The van der Waals surface area contributed by atoms with Crippen LogP contribution in [-0.4, -0.2) is 69.2 Å². The molecule has 0 aliphatic rings. The summed E-state index contributed by atoms with van der Waals surface area (Å²) in [6, 6.07) is 8.72. The molecule has 3 rings (SSSR count). The number of aromatic nitrogens is 3. The van der Waals surface area contributed by atoms with Gasteiger partial charge in [-0.05, 0) is 24.3 Å². The summed E-state index contributed by atoms with van der Waals surface area (Å²) < 4.78 is 64.7. The lowest BCUT2D eigenvalue weighted by molar-refractivity contribution is -0.0543. The fourth-order valence-electron chi connectivity index (χ4n) is 2.97. The summed E-state index contributed by atoms with van der Waals surface area (Å²) in [6.45, 7) is 0. The first kappa shape index (κ1) is 27.1. The Hall–Kier alpha value is -3.49. The number of carbonyl (C=O) groups is 1. The van der Waals surface area contributed by atoms with E-state index < -0.39 is 31.9 Å². The highest BCUT2D eigenvalue weighted by atomic mass is 32.2. The third-order valence-corrected chi connectivity index (χ3v) is 6.66. The maximum absolute atomic E-state index is 12.9. The zero-order chi connectivity index (χ0) is 26.5. The molecule has 12 nitrogen and oxygen atoms in total. The Balaban J connectivity index is 1.89. The van der Waals surface area contributed by atoms with E-state index in [0.717, 1.165) is 12.5 Å². The normalized spacial score (nSPS) is 12.7. The predicted octanol–water partition coefficient (Wildman–Crippen LogP) is 2.05. The van der Waals surface area contributed by atoms with Crippen LogP contribution in [0, 0.1) is 0 Å². The highest BCUT2D eigenvalue weighted by Gasteiger charge is 2.17. The van der Waals surface area contributed by atoms with Gasteiger partial charge in [0.05, 0.1) is 11.9 Å². The smallest absolute Gasteiger partial charge is 0.257 e. The Morgan fingerprint density at radius 2 is 1.78 bits per heavy atom. The fourth-order valence-corrected chi connectivity index (χ4v) is 4.15. The molecule has 0 bridgehead atoms. The first-order valence-electron chi connectivity index (χ1n) is 10.5. The Bertz CT molecular complexity index is 1430. The molecule has 0 saturated carbocycles. The summed E-state index contributed by atoms with van der Waals surface area (Å²) in [6.07, 6.45) is 4.21. The predicted molar refractivity (Wildman–Crippen MR) is 131 cm³/mol. The molecule has 1 atom stereocenters. The number of carbonyl (C=O) groups excluding carboxylic acids is 1. The molecule has 0 saturated heterocycles. The molecule has 2 aromatic heterocycles. The summed E-state index contributed by atoms with van der Waals surface area (Å²) in [4.78, 5) is 16.8. The first-order chi connectivity index (χ1) is 16.8. The maximum atomic E-state index is 12.9. The molecular formula is C22H26N4O8S2. The van der Waals surface area contributed by atoms with Gasteiger partial charge in [-0.25, -0.2) is 21.8 Å². The summed E-state index contributed by atoms with van der Waals surface area (Å²) in [5.74, 6) is 0.258. The quantitative estimate of drug-likeness (QED) is 0.358. The number of hydrogen-bond acceptors (Lipinski definition) is 10. The molecule has 2 heterocycles.